The molecule has 150 valence electrons. The number of benzene rings is 2. The van der Waals surface area contributed by atoms with E-state index in [0.29, 0.717) is 5.56 Å². The number of alkyl halides is 2. The third kappa shape index (κ3) is 5.13. The molecule has 0 aromatic heterocycles. The lowest BCUT2D eigenvalue weighted by Crippen LogP contribution is -2.30. The van der Waals surface area contributed by atoms with Crippen molar-refractivity contribution in [2.24, 2.45) is 0 Å². The fourth-order valence-electron chi connectivity index (χ4n) is 2.44. The van der Waals surface area contributed by atoms with Crippen LogP contribution in [0.15, 0.2) is 53.4 Å². The molecule has 2 aromatic rings. The van der Waals surface area contributed by atoms with Crippen LogP contribution in [0.4, 0.5) is 8.78 Å². The summed E-state index contributed by atoms with van der Waals surface area (Å²) in [6.07, 6.45) is -0.108. The van der Waals surface area contributed by atoms with Crippen LogP contribution >= 0.6 is 0 Å². The molecule has 0 heterocycles. The number of sulfone groups is 1. The summed E-state index contributed by atoms with van der Waals surface area (Å²) in [6, 6.07) is 10.7. The van der Waals surface area contributed by atoms with Gasteiger partial charge in [0.25, 0.3) is 5.91 Å². The van der Waals surface area contributed by atoms with Crippen LogP contribution in [0.2, 0.25) is 0 Å². The molecule has 0 aliphatic heterocycles. The highest BCUT2D eigenvalue weighted by Gasteiger charge is 2.27. The van der Waals surface area contributed by atoms with Gasteiger partial charge in [0, 0.05) is 5.56 Å². The van der Waals surface area contributed by atoms with Crippen molar-refractivity contribution in [2.45, 2.75) is 30.0 Å². The van der Waals surface area contributed by atoms with E-state index in [-0.39, 0.29) is 12.0 Å². The first kappa shape index (κ1) is 21.5. The fraction of sp³-hybridized carbons (Fsp3) is 0.263. The lowest BCUT2D eigenvalue weighted by Gasteiger charge is -2.18. The Bertz CT molecular complexity index is 941. The van der Waals surface area contributed by atoms with Gasteiger partial charge < -0.3 is 10.1 Å². The molecule has 0 aliphatic carbocycles. The van der Waals surface area contributed by atoms with Gasteiger partial charge >= 0.3 is 11.7 Å². The fourth-order valence-corrected chi connectivity index (χ4v) is 3.16. The quantitative estimate of drug-likeness (QED) is 0.708. The minimum Gasteiger partial charge on any atom is -0.469 e. The van der Waals surface area contributed by atoms with Crippen LogP contribution in [0.5, 0.6) is 0 Å². The van der Waals surface area contributed by atoms with Crippen LogP contribution in [0.25, 0.3) is 0 Å². The zero-order valence-corrected chi connectivity index (χ0v) is 16.0. The summed E-state index contributed by atoms with van der Waals surface area (Å²) in [4.78, 5) is 23.6. The lowest BCUT2D eigenvalue weighted by molar-refractivity contribution is -0.141. The minimum atomic E-state index is -4.74. The molecule has 1 amide bonds. The van der Waals surface area contributed by atoms with Gasteiger partial charge in [-0.2, -0.15) is 8.78 Å². The molecule has 2 aromatic carbocycles. The van der Waals surface area contributed by atoms with Crippen molar-refractivity contribution in [2.75, 3.05) is 7.11 Å². The average Bonchev–Trinajstić information content (AvgIpc) is 2.67. The molecule has 0 fully saturated rings. The van der Waals surface area contributed by atoms with Crippen molar-refractivity contribution >= 4 is 21.7 Å². The first-order chi connectivity index (χ1) is 13.1. The van der Waals surface area contributed by atoms with Crippen molar-refractivity contribution in [3.05, 3.63) is 65.2 Å². The van der Waals surface area contributed by atoms with Gasteiger partial charge in [0.1, 0.15) is 0 Å². The Morgan fingerprint density at radius 2 is 1.61 bits per heavy atom. The normalized spacial score (nSPS) is 12.5. The highest BCUT2D eigenvalue weighted by molar-refractivity contribution is 7.91. The molecule has 28 heavy (non-hydrogen) atoms. The van der Waals surface area contributed by atoms with Gasteiger partial charge in [-0.1, -0.05) is 29.8 Å². The van der Waals surface area contributed by atoms with Crippen molar-refractivity contribution in [3.8, 4) is 0 Å². The van der Waals surface area contributed by atoms with Gasteiger partial charge in [0.05, 0.1) is 24.5 Å². The molecule has 0 spiro atoms. The number of esters is 1. The number of methoxy groups -OCH3 is 1. The van der Waals surface area contributed by atoms with Crippen LogP contribution in [-0.4, -0.2) is 33.2 Å². The number of hydrogen-bond donors (Lipinski definition) is 1. The maximum atomic E-state index is 12.6. The zero-order chi connectivity index (χ0) is 20.9. The molecular weight excluding hydrogens is 392 g/mol. The van der Waals surface area contributed by atoms with Crippen molar-refractivity contribution in [3.63, 3.8) is 0 Å². The van der Waals surface area contributed by atoms with Crippen LogP contribution in [-0.2, 0) is 19.4 Å². The summed E-state index contributed by atoms with van der Waals surface area (Å²) in [5.41, 5.74) is 1.75. The van der Waals surface area contributed by atoms with Gasteiger partial charge in [0.2, 0.25) is 9.84 Å². The van der Waals surface area contributed by atoms with Crippen molar-refractivity contribution < 1.29 is 31.5 Å². The number of nitrogens with one attached hydrogen (secondary N) is 1. The summed E-state index contributed by atoms with van der Waals surface area (Å²) in [6.45, 7) is 1.90. The number of halogens is 2. The Morgan fingerprint density at radius 3 is 2.11 bits per heavy atom. The summed E-state index contributed by atoms with van der Waals surface area (Å²) >= 11 is 0. The van der Waals surface area contributed by atoms with E-state index in [0.717, 1.165) is 29.8 Å². The maximum absolute atomic E-state index is 12.6. The molecule has 0 saturated heterocycles. The number of ether oxygens (including phenoxy) is 1. The first-order valence-electron chi connectivity index (χ1n) is 8.21. The van der Waals surface area contributed by atoms with E-state index in [1.807, 2.05) is 19.1 Å². The highest BCUT2D eigenvalue weighted by atomic mass is 32.2. The van der Waals surface area contributed by atoms with E-state index < -0.39 is 38.4 Å². The van der Waals surface area contributed by atoms with Crippen LogP contribution < -0.4 is 5.32 Å². The Hall–Kier alpha value is -2.81. The lowest BCUT2D eigenvalue weighted by atomic mass is 10.0. The van der Waals surface area contributed by atoms with Crippen LogP contribution in [0.3, 0.4) is 0 Å². The van der Waals surface area contributed by atoms with Crippen LogP contribution in [0.1, 0.15) is 33.9 Å². The predicted octanol–water partition coefficient (Wildman–Crippen LogP) is 3.03. The number of carbonyl (C=O) groups excluding carboxylic acids is 2. The number of rotatable bonds is 7. The Labute approximate surface area is 161 Å². The largest absolute Gasteiger partial charge is 0.469 e. The molecule has 6 nitrogen and oxygen atoms in total. The molecule has 0 radical (unpaired) electrons. The second kappa shape index (κ2) is 8.92. The second-order valence-corrected chi connectivity index (χ2v) is 7.96. The molecule has 0 saturated carbocycles. The first-order valence-corrected chi connectivity index (χ1v) is 9.76. The van der Waals surface area contributed by atoms with Crippen molar-refractivity contribution in [1.29, 1.82) is 0 Å². The number of carbonyl (C=O) groups is 2. The van der Waals surface area contributed by atoms with Gasteiger partial charge in [0.15, 0.2) is 0 Å². The minimum absolute atomic E-state index is 0.0650. The monoisotopic (exact) mass is 411 g/mol. The Kier molecular flexibility index (Phi) is 6.85. The second-order valence-electron chi connectivity index (χ2n) is 6.05. The standard InChI is InChI=1S/C19H19F2NO5S/c1-12-3-5-13(6-4-12)16(11-17(23)27-2)22-18(24)14-7-9-15(10-8-14)28(25,26)19(20)21/h3-10,16,19H,11H2,1-2H3,(H,22,24). The molecule has 9 heteroatoms. The Morgan fingerprint density at radius 1 is 1.04 bits per heavy atom. The summed E-state index contributed by atoms with van der Waals surface area (Å²) in [5, 5.41) is 2.68. The Balaban J connectivity index is 2.23. The van der Waals surface area contributed by atoms with E-state index in [4.69, 9.17) is 0 Å². The van der Waals surface area contributed by atoms with Gasteiger partial charge in [-0.3, -0.25) is 9.59 Å². The molecule has 0 aliphatic rings. The van der Waals surface area contributed by atoms with Crippen molar-refractivity contribution in [1.82, 2.24) is 5.32 Å². The smallest absolute Gasteiger partial charge is 0.341 e. The zero-order valence-electron chi connectivity index (χ0n) is 15.2. The number of hydrogen-bond acceptors (Lipinski definition) is 5. The van der Waals surface area contributed by atoms with E-state index in [1.165, 1.54) is 7.11 Å². The highest BCUT2D eigenvalue weighted by Crippen LogP contribution is 2.21. The summed E-state index contributed by atoms with van der Waals surface area (Å²) < 4.78 is 52.8. The molecule has 0 bridgehead atoms. The number of aryl methyl sites for hydroxylation is 1. The molecule has 2 rings (SSSR count). The van der Waals surface area contributed by atoms with E-state index in [2.05, 4.69) is 10.1 Å². The van der Waals surface area contributed by atoms with Gasteiger partial charge in [-0.05, 0) is 36.8 Å². The average molecular weight is 411 g/mol. The topological polar surface area (TPSA) is 89.5 Å². The number of amides is 1. The van der Waals surface area contributed by atoms with E-state index >= 15 is 0 Å². The van der Waals surface area contributed by atoms with Crippen LogP contribution in [0, 0.1) is 6.92 Å². The SMILES string of the molecule is COC(=O)CC(NC(=O)c1ccc(S(=O)(=O)C(F)F)cc1)c1ccc(C)cc1. The molecule has 1 unspecified atom stereocenters. The third-order valence-corrected chi connectivity index (χ3v) is 5.46. The van der Waals surface area contributed by atoms with E-state index in [1.54, 1.807) is 12.1 Å². The van der Waals surface area contributed by atoms with E-state index in [9.17, 15) is 26.8 Å². The molecule has 1 N–H and O–H groups in total. The predicted molar refractivity (Wildman–Crippen MR) is 97.7 cm³/mol. The van der Waals surface area contributed by atoms with Gasteiger partial charge in [-0.15, -0.1) is 0 Å². The summed E-state index contributed by atoms with van der Waals surface area (Å²) in [7, 11) is -3.50. The summed E-state index contributed by atoms with van der Waals surface area (Å²) in [5.74, 6) is -4.65. The maximum Gasteiger partial charge on any atom is 0.341 e. The van der Waals surface area contributed by atoms with Gasteiger partial charge in [-0.25, -0.2) is 8.42 Å². The third-order valence-electron chi connectivity index (χ3n) is 4.06. The molecule has 1 atom stereocenters. The molecular formula is C19H19F2NO5S.